The van der Waals surface area contributed by atoms with Crippen molar-refractivity contribution in [2.24, 2.45) is 5.92 Å². The lowest BCUT2D eigenvalue weighted by Gasteiger charge is -2.26. The monoisotopic (exact) mass is 342 g/mol. The van der Waals surface area contributed by atoms with Crippen molar-refractivity contribution in [3.05, 3.63) is 23.8 Å². The molecule has 1 aliphatic rings. The van der Waals surface area contributed by atoms with Crippen LogP contribution in [0.15, 0.2) is 23.1 Å². The maximum absolute atomic E-state index is 12.3. The highest BCUT2D eigenvalue weighted by Gasteiger charge is 2.44. The van der Waals surface area contributed by atoms with E-state index in [2.05, 4.69) is 0 Å². The highest BCUT2D eigenvalue weighted by molar-refractivity contribution is 7.91. The van der Waals surface area contributed by atoms with Gasteiger partial charge in [-0.2, -0.15) is 0 Å². The fourth-order valence-corrected chi connectivity index (χ4v) is 4.01. The van der Waals surface area contributed by atoms with Crippen LogP contribution >= 0.6 is 0 Å². The fourth-order valence-electron chi connectivity index (χ4n) is 2.89. The van der Waals surface area contributed by atoms with E-state index in [-0.39, 0.29) is 34.9 Å². The highest BCUT2D eigenvalue weighted by Crippen LogP contribution is 2.41. The molecule has 0 unspecified atom stereocenters. The Morgan fingerprint density at radius 1 is 1.35 bits per heavy atom. The Hall–Kier alpha value is -2.29. The van der Waals surface area contributed by atoms with Crippen molar-refractivity contribution < 1.29 is 28.2 Å². The van der Waals surface area contributed by atoms with E-state index in [1.807, 2.05) is 0 Å². The van der Waals surface area contributed by atoms with Crippen LogP contribution in [0.5, 0.6) is 0 Å². The van der Waals surface area contributed by atoms with Crippen molar-refractivity contribution in [2.45, 2.75) is 24.3 Å². The summed E-state index contributed by atoms with van der Waals surface area (Å²) in [6, 6.07) is 2.98. The average Bonchev–Trinajstić information content (AvgIpc) is 2.92. The minimum absolute atomic E-state index is 0.0252. The zero-order valence-electron chi connectivity index (χ0n) is 12.5. The number of likely N-dealkylation sites (tertiary alicyclic amines) is 1. The number of hydrogen-bond acceptors (Lipinski definition) is 5. The molecule has 1 heterocycles. The number of anilines is 1. The van der Waals surface area contributed by atoms with Crippen LogP contribution in [-0.2, 0) is 14.6 Å². The number of sulfone groups is 1. The summed E-state index contributed by atoms with van der Waals surface area (Å²) in [6.07, 6.45) is -1.17. The van der Waals surface area contributed by atoms with Gasteiger partial charge in [0.15, 0.2) is 9.84 Å². The molecule has 126 valence electrons. The zero-order chi connectivity index (χ0) is 17.4. The Bertz CT molecular complexity index is 724. The summed E-state index contributed by atoms with van der Waals surface area (Å²) in [5.74, 6) is -2.36. The van der Waals surface area contributed by atoms with E-state index in [0.29, 0.717) is 0 Å². The molecule has 1 fully saturated rings. The minimum atomic E-state index is -3.65. The molecule has 4 N–H and O–H groups in total. The molecule has 9 heteroatoms. The number of amides is 1. The average molecular weight is 342 g/mol. The van der Waals surface area contributed by atoms with Gasteiger partial charge in [0.05, 0.1) is 22.6 Å². The van der Waals surface area contributed by atoms with Gasteiger partial charge >= 0.3 is 12.1 Å². The molecule has 2 atom stereocenters. The van der Waals surface area contributed by atoms with Crippen LogP contribution < -0.4 is 5.73 Å². The third-order valence-corrected chi connectivity index (χ3v) is 5.83. The number of benzene rings is 1. The standard InChI is InChI=1S/C14H18N2O6S/c1-2-23(21,22)11-4-3-8(15)7-10(11)12-9(13(17)18)5-6-16(12)14(19)20/h3-4,7,9,12H,2,5-6,15H2,1H3,(H,17,18)(H,19,20)/t9-,12+/m1/s1. The van der Waals surface area contributed by atoms with Gasteiger partial charge in [0, 0.05) is 12.2 Å². The molecule has 1 saturated heterocycles. The number of carboxylic acid groups (broad SMARTS) is 2. The van der Waals surface area contributed by atoms with Crippen molar-refractivity contribution in [3.8, 4) is 0 Å². The van der Waals surface area contributed by atoms with Gasteiger partial charge in [0.2, 0.25) is 0 Å². The quantitative estimate of drug-likeness (QED) is 0.698. The Balaban J connectivity index is 2.68. The van der Waals surface area contributed by atoms with E-state index in [9.17, 15) is 28.2 Å². The highest BCUT2D eigenvalue weighted by atomic mass is 32.2. The number of rotatable bonds is 4. The molecule has 0 spiro atoms. The molecule has 1 aliphatic heterocycles. The largest absolute Gasteiger partial charge is 0.481 e. The van der Waals surface area contributed by atoms with Crippen LogP contribution in [0, 0.1) is 5.92 Å². The zero-order valence-corrected chi connectivity index (χ0v) is 13.3. The van der Waals surface area contributed by atoms with Gasteiger partial charge in [0.25, 0.3) is 0 Å². The summed E-state index contributed by atoms with van der Waals surface area (Å²) < 4.78 is 24.6. The number of carboxylic acids is 1. The lowest BCUT2D eigenvalue weighted by Crippen LogP contribution is -2.33. The Kier molecular flexibility index (Phi) is 4.51. The molecule has 0 bridgehead atoms. The molecule has 0 aromatic heterocycles. The number of nitrogens with two attached hydrogens (primary N) is 1. The number of nitrogens with zero attached hydrogens (tertiary/aromatic N) is 1. The van der Waals surface area contributed by atoms with Gasteiger partial charge in [0.1, 0.15) is 0 Å². The van der Waals surface area contributed by atoms with E-state index >= 15 is 0 Å². The van der Waals surface area contributed by atoms with Gasteiger partial charge in [-0.1, -0.05) is 6.92 Å². The molecule has 8 nitrogen and oxygen atoms in total. The first-order valence-electron chi connectivity index (χ1n) is 7.03. The molecule has 0 saturated carbocycles. The predicted octanol–water partition coefficient (Wildman–Crippen LogP) is 1.19. The first-order valence-corrected chi connectivity index (χ1v) is 8.68. The minimum Gasteiger partial charge on any atom is -0.481 e. The van der Waals surface area contributed by atoms with Crippen LogP contribution in [0.4, 0.5) is 10.5 Å². The van der Waals surface area contributed by atoms with E-state index in [0.717, 1.165) is 4.90 Å². The molecule has 0 aliphatic carbocycles. The normalized spacial score (nSPS) is 21.3. The molecule has 0 radical (unpaired) electrons. The summed E-state index contributed by atoms with van der Waals surface area (Å²) in [6.45, 7) is 1.49. The van der Waals surface area contributed by atoms with Gasteiger partial charge in [-0.3, -0.25) is 4.79 Å². The maximum atomic E-state index is 12.3. The second-order valence-corrected chi connectivity index (χ2v) is 7.60. The molecule has 1 amide bonds. The smallest absolute Gasteiger partial charge is 0.407 e. The SMILES string of the molecule is CCS(=O)(=O)c1ccc(N)cc1[C@@H]1[C@H](C(=O)O)CCN1C(=O)O. The summed E-state index contributed by atoms with van der Waals surface area (Å²) in [7, 11) is -3.65. The second kappa shape index (κ2) is 6.07. The second-order valence-electron chi connectivity index (χ2n) is 5.35. The van der Waals surface area contributed by atoms with E-state index < -0.39 is 33.9 Å². The Labute approximate surface area is 133 Å². The molecule has 1 aromatic carbocycles. The number of aliphatic carboxylic acids is 1. The van der Waals surface area contributed by atoms with Crippen molar-refractivity contribution in [2.75, 3.05) is 18.0 Å². The van der Waals surface area contributed by atoms with Crippen molar-refractivity contribution in [1.82, 2.24) is 4.90 Å². The Morgan fingerprint density at radius 2 is 2.00 bits per heavy atom. The third-order valence-electron chi connectivity index (χ3n) is 4.03. The predicted molar refractivity (Wildman–Crippen MR) is 81.8 cm³/mol. The Morgan fingerprint density at radius 3 is 2.52 bits per heavy atom. The fraction of sp³-hybridized carbons (Fsp3) is 0.429. The lowest BCUT2D eigenvalue weighted by atomic mass is 9.93. The number of nitrogen functional groups attached to an aromatic ring is 1. The lowest BCUT2D eigenvalue weighted by molar-refractivity contribution is -0.142. The van der Waals surface area contributed by atoms with Crippen LogP contribution in [0.3, 0.4) is 0 Å². The van der Waals surface area contributed by atoms with Gasteiger partial charge in [-0.15, -0.1) is 0 Å². The molecule has 2 rings (SSSR count). The van der Waals surface area contributed by atoms with E-state index in [4.69, 9.17) is 5.73 Å². The van der Waals surface area contributed by atoms with Crippen molar-refractivity contribution in [3.63, 3.8) is 0 Å². The number of carbonyl (C=O) groups is 2. The van der Waals surface area contributed by atoms with Crippen LogP contribution in [0.25, 0.3) is 0 Å². The molecule has 1 aromatic rings. The summed E-state index contributed by atoms with van der Waals surface area (Å²) in [5, 5.41) is 18.7. The van der Waals surface area contributed by atoms with Gasteiger partial charge in [-0.25, -0.2) is 13.2 Å². The third kappa shape index (κ3) is 3.09. The van der Waals surface area contributed by atoms with Crippen molar-refractivity contribution >= 4 is 27.6 Å². The first-order chi connectivity index (χ1) is 10.7. The van der Waals surface area contributed by atoms with Crippen LogP contribution in [0.2, 0.25) is 0 Å². The van der Waals surface area contributed by atoms with Gasteiger partial charge in [-0.05, 0) is 30.2 Å². The summed E-state index contributed by atoms with van der Waals surface area (Å²) >= 11 is 0. The maximum Gasteiger partial charge on any atom is 0.407 e. The van der Waals surface area contributed by atoms with Crippen LogP contribution in [-0.4, -0.2) is 47.9 Å². The summed E-state index contributed by atoms with van der Waals surface area (Å²) in [5.41, 5.74) is 6.09. The van der Waals surface area contributed by atoms with E-state index in [1.165, 1.54) is 25.1 Å². The van der Waals surface area contributed by atoms with Crippen molar-refractivity contribution in [1.29, 1.82) is 0 Å². The van der Waals surface area contributed by atoms with E-state index in [1.54, 1.807) is 0 Å². The molecular formula is C14H18N2O6S. The molecule has 23 heavy (non-hydrogen) atoms. The number of hydrogen-bond donors (Lipinski definition) is 3. The molecular weight excluding hydrogens is 324 g/mol. The van der Waals surface area contributed by atoms with Gasteiger partial charge < -0.3 is 20.8 Å². The summed E-state index contributed by atoms with van der Waals surface area (Å²) in [4.78, 5) is 23.8. The first kappa shape index (κ1) is 17.1. The topological polar surface area (TPSA) is 138 Å². The van der Waals surface area contributed by atoms with Crippen LogP contribution in [0.1, 0.15) is 24.9 Å².